The zero-order valence-corrected chi connectivity index (χ0v) is 19.9. The summed E-state index contributed by atoms with van der Waals surface area (Å²) in [7, 11) is 0. The molecule has 0 aliphatic carbocycles. The third-order valence-electron chi connectivity index (χ3n) is 5.63. The number of hydrogen-bond donors (Lipinski definition) is 2. The Bertz CT molecular complexity index is 953. The van der Waals surface area contributed by atoms with Crippen LogP contribution in [0.5, 0.6) is 0 Å². The van der Waals surface area contributed by atoms with Gasteiger partial charge in [0.2, 0.25) is 0 Å². The van der Waals surface area contributed by atoms with Crippen LogP contribution in [0.4, 0.5) is 4.79 Å². The summed E-state index contributed by atoms with van der Waals surface area (Å²) < 4.78 is 5.24. The van der Waals surface area contributed by atoms with Crippen molar-refractivity contribution < 1.29 is 9.53 Å². The van der Waals surface area contributed by atoms with Crippen molar-refractivity contribution in [2.24, 2.45) is 0 Å². The van der Waals surface area contributed by atoms with E-state index in [1.54, 1.807) is 0 Å². The first-order valence-electron chi connectivity index (χ1n) is 12.0. The molecule has 0 aliphatic heterocycles. The maximum Gasteiger partial charge on any atom is 0.407 e. The SMILES string of the molecule is CC(C)(C)OC(=O)NCCCCCCCCNCc1c2ccccc2cc2ccccc12. The Morgan fingerprint density at radius 3 is 1.91 bits per heavy atom. The lowest BCUT2D eigenvalue weighted by atomic mass is 9.97. The number of carbonyl (C=O) groups excluding carboxylic acids is 1. The molecule has 1 amide bonds. The van der Waals surface area contributed by atoms with E-state index in [-0.39, 0.29) is 6.09 Å². The van der Waals surface area contributed by atoms with Gasteiger partial charge in [0.15, 0.2) is 0 Å². The summed E-state index contributed by atoms with van der Waals surface area (Å²) >= 11 is 0. The van der Waals surface area contributed by atoms with Gasteiger partial charge in [-0.15, -0.1) is 0 Å². The average Bonchev–Trinajstić information content (AvgIpc) is 2.75. The van der Waals surface area contributed by atoms with Gasteiger partial charge in [0.25, 0.3) is 0 Å². The van der Waals surface area contributed by atoms with Crippen molar-refractivity contribution in [1.29, 1.82) is 0 Å². The number of amides is 1. The van der Waals surface area contributed by atoms with Crippen molar-refractivity contribution in [2.45, 2.75) is 71.4 Å². The molecule has 4 heteroatoms. The normalized spacial score (nSPS) is 11.7. The van der Waals surface area contributed by atoms with Crippen LogP contribution in [0, 0.1) is 0 Å². The molecule has 3 rings (SSSR count). The Labute approximate surface area is 192 Å². The Balaban J connectivity index is 1.31. The first-order valence-corrected chi connectivity index (χ1v) is 12.0. The van der Waals surface area contributed by atoms with Crippen LogP contribution in [0.2, 0.25) is 0 Å². The highest BCUT2D eigenvalue weighted by atomic mass is 16.6. The van der Waals surface area contributed by atoms with Gasteiger partial charge in [-0.25, -0.2) is 4.79 Å². The molecule has 0 atom stereocenters. The van der Waals surface area contributed by atoms with Gasteiger partial charge >= 0.3 is 6.09 Å². The van der Waals surface area contributed by atoms with Gasteiger partial charge in [-0.1, -0.05) is 74.2 Å². The summed E-state index contributed by atoms with van der Waals surface area (Å²) in [5.74, 6) is 0. The summed E-state index contributed by atoms with van der Waals surface area (Å²) in [4.78, 5) is 11.6. The largest absolute Gasteiger partial charge is 0.444 e. The molecule has 0 fully saturated rings. The Morgan fingerprint density at radius 2 is 1.31 bits per heavy atom. The number of rotatable bonds is 11. The quantitative estimate of drug-likeness (QED) is 0.254. The lowest BCUT2D eigenvalue weighted by Crippen LogP contribution is -2.32. The molecule has 32 heavy (non-hydrogen) atoms. The second-order valence-electron chi connectivity index (χ2n) is 9.52. The second-order valence-corrected chi connectivity index (χ2v) is 9.52. The van der Waals surface area contributed by atoms with E-state index in [0.29, 0.717) is 6.54 Å². The minimum atomic E-state index is -0.432. The van der Waals surface area contributed by atoms with Gasteiger partial charge in [-0.2, -0.15) is 0 Å². The van der Waals surface area contributed by atoms with Crippen LogP contribution in [0.1, 0.15) is 64.9 Å². The van der Waals surface area contributed by atoms with E-state index < -0.39 is 5.60 Å². The fourth-order valence-electron chi connectivity index (χ4n) is 4.10. The molecule has 0 aliphatic rings. The fourth-order valence-corrected chi connectivity index (χ4v) is 4.10. The Hall–Kier alpha value is -2.59. The molecular formula is C28H38N2O2. The molecule has 3 aromatic rings. The summed E-state index contributed by atoms with van der Waals surface area (Å²) in [5.41, 5.74) is 0.968. The number of hydrogen-bond acceptors (Lipinski definition) is 3. The number of fused-ring (bicyclic) bond motifs is 2. The van der Waals surface area contributed by atoms with Gasteiger partial charge in [0, 0.05) is 13.1 Å². The minimum absolute atomic E-state index is 0.317. The first kappa shape index (κ1) is 24.1. The molecule has 3 aromatic carbocycles. The lowest BCUT2D eigenvalue weighted by Gasteiger charge is -2.19. The highest BCUT2D eigenvalue weighted by Crippen LogP contribution is 2.28. The van der Waals surface area contributed by atoms with Gasteiger partial charge in [0.05, 0.1) is 0 Å². The third-order valence-corrected chi connectivity index (χ3v) is 5.63. The van der Waals surface area contributed by atoms with Crippen LogP contribution < -0.4 is 10.6 Å². The van der Waals surface area contributed by atoms with Gasteiger partial charge in [-0.3, -0.25) is 0 Å². The van der Waals surface area contributed by atoms with Crippen molar-refractivity contribution in [3.05, 3.63) is 60.2 Å². The standard InChI is InChI=1S/C28H38N2O2/c1-28(2,3)32-27(31)30-19-13-7-5-4-6-12-18-29-21-26-24-16-10-8-14-22(24)20-23-15-9-11-17-25(23)26/h8-11,14-17,20,29H,4-7,12-13,18-19,21H2,1-3H3,(H,30,31). The lowest BCUT2D eigenvalue weighted by molar-refractivity contribution is 0.0527. The van der Waals surface area contributed by atoms with Crippen LogP contribution >= 0.6 is 0 Å². The van der Waals surface area contributed by atoms with E-state index in [9.17, 15) is 4.79 Å². The number of alkyl carbamates (subject to hydrolysis) is 1. The van der Waals surface area contributed by atoms with Crippen molar-refractivity contribution in [3.8, 4) is 0 Å². The zero-order chi connectivity index (χ0) is 22.8. The Kier molecular flexibility index (Phi) is 8.92. The van der Waals surface area contributed by atoms with Crippen LogP contribution in [0.15, 0.2) is 54.6 Å². The van der Waals surface area contributed by atoms with Gasteiger partial charge < -0.3 is 15.4 Å². The predicted octanol–water partition coefficient (Wildman–Crippen LogP) is 6.95. The van der Waals surface area contributed by atoms with E-state index in [4.69, 9.17) is 4.74 Å². The molecule has 0 aromatic heterocycles. The van der Waals surface area contributed by atoms with Crippen LogP contribution in [0.3, 0.4) is 0 Å². The maximum atomic E-state index is 11.6. The topological polar surface area (TPSA) is 50.4 Å². The van der Waals surface area contributed by atoms with E-state index in [0.717, 1.165) is 25.9 Å². The molecule has 0 saturated heterocycles. The van der Waals surface area contributed by atoms with E-state index in [2.05, 4.69) is 65.2 Å². The van der Waals surface area contributed by atoms with E-state index >= 15 is 0 Å². The fraction of sp³-hybridized carbons (Fsp3) is 0.464. The molecule has 172 valence electrons. The number of nitrogens with one attached hydrogen (secondary N) is 2. The van der Waals surface area contributed by atoms with Crippen molar-refractivity contribution >= 4 is 27.6 Å². The number of ether oxygens (including phenoxy) is 1. The number of unbranched alkanes of at least 4 members (excludes halogenated alkanes) is 5. The van der Waals surface area contributed by atoms with E-state index in [1.807, 2.05) is 20.8 Å². The molecule has 0 spiro atoms. The predicted molar refractivity (Wildman–Crippen MR) is 135 cm³/mol. The number of benzene rings is 3. The summed E-state index contributed by atoms with van der Waals surface area (Å²) in [6.07, 6.45) is 6.72. The molecule has 0 unspecified atom stereocenters. The van der Waals surface area contributed by atoms with Crippen molar-refractivity contribution in [2.75, 3.05) is 13.1 Å². The Morgan fingerprint density at radius 1 is 0.781 bits per heavy atom. The molecule has 0 bridgehead atoms. The van der Waals surface area contributed by atoms with Crippen molar-refractivity contribution in [3.63, 3.8) is 0 Å². The van der Waals surface area contributed by atoms with Crippen molar-refractivity contribution in [1.82, 2.24) is 10.6 Å². The smallest absolute Gasteiger partial charge is 0.407 e. The molecule has 0 heterocycles. The van der Waals surface area contributed by atoms with E-state index in [1.165, 1.54) is 52.8 Å². The average molecular weight is 435 g/mol. The number of carbonyl (C=O) groups is 1. The highest BCUT2D eigenvalue weighted by Gasteiger charge is 2.15. The second kappa shape index (κ2) is 11.9. The van der Waals surface area contributed by atoms with Gasteiger partial charge in [-0.05, 0) is 73.3 Å². The molecule has 0 saturated carbocycles. The third kappa shape index (κ3) is 7.52. The monoisotopic (exact) mass is 434 g/mol. The molecule has 0 radical (unpaired) electrons. The first-order chi connectivity index (χ1) is 15.4. The van der Waals surface area contributed by atoms with Crippen LogP contribution in [0.25, 0.3) is 21.5 Å². The molecule has 4 nitrogen and oxygen atoms in total. The minimum Gasteiger partial charge on any atom is -0.444 e. The van der Waals surface area contributed by atoms with Gasteiger partial charge in [0.1, 0.15) is 5.60 Å². The van der Waals surface area contributed by atoms with Crippen LogP contribution in [-0.4, -0.2) is 24.8 Å². The maximum absolute atomic E-state index is 11.6. The summed E-state index contributed by atoms with van der Waals surface area (Å²) in [6, 6.07) is 19.6. The molecule has 2 N–H and O–H groups in total. The summed E-state index contributed by atoms with van der Waals surface area (Å²) in [6.45, 7) is 8.27. The zero-order valence-electron chi connectivity index (χ0n) is 19.9. The summed E-state index contributed by atoms with van der Waals surface area (Å²) in [5, 5.41) is 11.8. The molecular weight excluding hydrogens is 396 g/mol. The highest BCUT2D eigenvalue weighted by molar-refractivity contribution is 6.02. The van der Waals surface area contributed by atoms with Crippen LogP contribution in [-0.2, 0) is 11.3 Å².